The number of nitrogens with one attached hydrogen (secondary N) is 1. The molecule has 1 unspecified atom stereocenters. The second kappa shape index (κ2) is 8.17. The molecule has 0 radical (unpaired) electrons. The first-order valence-electron chi connectivity index (χ1n) is 7.89. The highest BCUT2D eigenvalue weighted by Gasteiger charge is 2.20. The minimum atomic E-state index is -3.60. The number of rotatable bonds is 8. The van der Waals surface area contributed by atoms with Crippen LogP contribution in [0, 0.1) is 0 Å². The van der Waals surface area contributed by atoms with Crippen molar-refractivity contribution >= 4 is 10.0 Å². The molecule has 0 saturated carbocycles. The molecule has 5 nitrogen and oxygen atoms in total. The molecule has 0 heterocycles. The molecular weight excluding hydrogens is 326 g/mol. The summed E-state index contributed by atoms with van der Waals surface area (Å²) in [5.41, 5.74) is 0.896. The second-order valence-electron chi connectivity index (χ2n) is 5.26. The highest BCUT2D eigenvalue weighted by molar-refractivity contribution is 7.89. The molecule has 0 saturated heterocycles. The molecule has 0 aliphatic heterocycles. The van der Waals surface area contributed by atoms with Gasteiger partial charge in [-0.15, -0.1) is 0 Å². The standard InChI is InChI=1S/C18H23NO4S/c1-4-18(14-6-8-15(22-3)9-7-14)19-24(20,21)17-12-10-16(11-13-17)23-5-2/h6-13,18-19H,4-5H2,1-3H3. The van der Waals surface area contributed by atoms with E-state index >= 15 is 0 Å². The van der Waals surface area contributed by atoms with Gasteiger partial charge in [0.25, 0.3) is 0 Å². The molecule has 2 aromatic carbocycles. The fourth-order valence-electron chi connectivity index (χ4n) is 2.36. The number of methoxy groups -OCH3 is 1. The van der Waals surface area contributed by atoms with Crippen molar-refractivity contribution in [2.24, 2.45) is 0 Å². The van der Waals surface area contributed by atoms with Gasteiger partial charge in [0, 0.05) is 6.04 Å². The van der Waals surface area contributed by atoms with Crippen LogP contribution >= 0.6 is 0 Å². The van der Waals surface area contributed by atoms with Crippen molar-refractivity contribution in [1.29, 1.82) is 0 Å². The highest BCUT2D eigenvalue weighted by Crippen LogP contribution is 2.23. The maximum absolute atomic E-state index is 12.6. The average Bonchev–Trinajstić information content (AvgIpc) is 2.60. The van der Waals surface area contributed by atoms with E-state index in [2.05, 4.69) is 4.72 Å². The van der Waals surface area contributed by atoms with Gasteiger partial charge in [-0.1, -0.05) is 19.1 Å². The van der Waals surface area contributed by atoms with E-state index in [-0.39, 0.29) is 10.9 Å². The molecule has 2 rings (SSSR count). The lowest BCUT2D eigenvalue weighted by atomic mass is 10.1. The van der Waals surface area contributed by atoms with Gasteiger partial charge in [-0.3, -0.25) is 0 Å². The minimum absolute atomic E-state index is 0.220. The fraction of sp³-hybridized carbons (Fsp3) is 0.333. The molecule has 2 aromatic rings. The van der Waals surface area contributed by atoms with Crippen LogP contribution in [-0.2, 0) is 10.0 Å². The third-order valence-electron chi connectivity index (χ3n) is 3.67. The van der Waals surface area contributed by atoms with E-state index in [0.717, 1.165) is 11.3 Å². The number of ether oxygens (including phenoxy) is 2. The van der Waals surface area contributed by atoms with E-state index in [0.29, 0.717) is 18.8 Å². The van der Waals surface area contributed by atoms with E-state index in [1.54, 1.807) is 31.4 Å². The Bertz CT molecular complexity index is 740. The zero-order chi connectivity index (χ0) is 17.6. The molecule has 0 spiro atoms. The first kappa shape index (κ1) is 18.3. The van der Waals surface area contributed by atoms with E-state index in [9.17, 15) is 8.42 Å². The molecule has 0 bridgehead atoms. The Morgan fingerprint density at radius 3 is 2.04 bits per heavy atom. The Labute approximate surface area is 143 Å². The van der Waals surface area contributed by atoms with Crippen molar-refractivity contribution in [3.05, 3.63) is 54.1 Å². The summed E-state index contributed by atoms with van der Waals surface area (Å²) in [5.74, 6) is 1.39. The number of hydrogen-bond acceptors (Lipinski definition) is 4. The lowest BCUT2D eigenvalue weighted by molar-refractivity contribution is 0.340. The summed E-state index contributed by atoms with van der Waals surface area (Å²) in [6, 6.07) is 13.5. The molecule has 6 heteroatoms. The van der Waals surface area contributed by atoms with E-state index < -0.39 is 10.0 Å². The van der Waals surface area contributed by atoms with Gasteiger partial charge in [0.2, 0.25) is 10.0 Å². The van der Waals surface area contributed by atoms with E-state index in [1.165, 1.54) is 0 Å². The molecule has 0 aromatic heterocycles. The lowest BCUT2D eigenvalue weighted by Crippen LogP contribution is -2.28. The maximum atomic E-state index is 12.6. The van der Waals surface area contributed by atoms with Crippen LogP contribution in [0.5, 0.6) is 11.5 Å². The van der Waals surface area contributed by atoms with Gasteiger partial charge < -0.3 is 9.47 Å². The van der Waals surface area contributed by atoms with Gasteiger partial charge in [-0.2, -0.15) is 0 Å². The number of benzene rings is 2. The Hall–Kier alpha value is -2.05. The quantitative estimate of drug-likeness (QED) is 0.792. The monoisotopic (exact) mass is 349 g/mol. The predicted molar refractivity (Wildman–Crippen MR) is 94.0 cm³/mol. The highest BCUT2D eigenvalue weighted by atomic mass is 32.2. The summed E-state index contributed by atoms with van der Waals surface area (Å²) in [4.78, 5) is 0.220. The lowest BCUT2D eigenvalue weighted by Gasteiger charge is -2.18. The smallest absolute Gasteiger partial charge is 0.241 e. The Morgan fingerprint density at radius 1 is 0.958 bits per heavy atom. The van der Waals surface area contributed by atoms with E-state index in [1.807, 2.05) is 38.1 Å². The maximum Gasteiger partial charge on any atom is 0.241 e. The zero-order valence-corrected chi connectivity index (χ0v) is 15.0. The van der Waals surface area contributed by atoms with Gasteiger partial charge in [-0.05, 0) is 55.3 Å². The van der Waals surface area contributed by atoms with Gasteiger partial charge in [0.15, 0.2) is 0 Å². The molecule has 0 aliphatic carbocycles. The first-order chi connectivity index (χ1) is 11.5. The summed E-state index contributed by atoms with van der Waals surface area (Å²) >= 11 is 0. The van der Waals surface area contributed by atoms with Crippen molar-refractivity contribution in [3.8, 4) is 11.5 Å². The van der Waals surface area contributed by atoms with Crippen LogP contribution in [0.3, 0.4) is 0 Å². The zero-order valence-electron chi connectivity index (χ0n) is 14.2. The van der Waals surface area contributed by atoms with E-state index in [4.69, 9.17) is 9.47 Å². The van der Waals surface area contributed by atoms with Crippen LogP contribution in [0.15, 0.2) is 53.4 Å². The third kappa shape index (κ3) is 4.49. The van der Waals surface area contributed by atoms with Crippen LogP contribution in [0.25, 0.3) is 0 Å². The van der Waals surface area contributed by atoms with Crippen molar-refractivity contribution < 1.29 is 17.9 Å². The molecule has 0 fully saturated rings. The third-order valence-corrected chi connectivity index (χ3v) is 5.16. The molecule has 1 atom stereocenters. The topological polar surface area (TPSA) is 64.6 Å². The van der Waals surface area contributed by atoms with Gasteiger partial charge in [0.1, 0.15) is 11.5 Å². The summed E-state index contributed by atoms with van der Waals surface area (Å²) in [5, 5.41) is 0. The largest absolute Gasteiger partial charge is 0.497 e. The summed E-state index contributed by atoms with van der Waals surface area (Å²) in [6.45, 7) is 4.36. The molecule has 1 N–H and O–H groups in total. The van der Waals surface area contributed by atoms with Crippen LogP contribution in [0.4, 0.5) is 0 Å². The fourth-order valence-corrected chi connectivity index (χ4v) is 3.67. The van der Waals surface area contributed by atoms with Crippen molar-refractivity contribution in [3.63, 3.8) is 0 Å². The van der Waals surface area contributed by atoms with Crippen molar-refractivity contribution in [1.82, 2.24) is 4.72 Å². The van der Waals surface area contributed by atoms with Crippen LogP contribution < -0.4 is 14.2 Å². The van der Waals surface area contributed by atoms with Crippen LogP contribution in [0.2, 0.25) is 0 Å². The Kier molecular flexibility index (Phi) is 6.23. The SMILES string of the molecule is CCOc1ccc(S(=O)(=O)NC(CC)c2ccc(OC)cc2)cc1. The van der Waals surface area contributed by atoms with Gasteiger partial charge >= 0.3 is 0 Å². The molecule has 0 amide bonds. The molecule has 24 heavy (non-hydrogen) atoms. The summed E-state index contributed by atoms with van der Waals surface area (Å²) in [7, 11) is -2.01. The summed E-state index contributed by atoms with van der Waals surface area (Å²) in [6.07, 6.45) is 0.641. The van der Waals surface area contributed by atoms with Crippen molar-refractivity contribution in [2.75, 3.05) is 13.7 Å². The number of sulfonamides is 1. The van der Waals surface area contributed by atoms with Crippen LogP contribution in [-0.4, -0.2) is 22.1 Å². The average molecular weight is 349 g/mol. The molecular formula is C18H23NO4S. The first-order valence-corrected chi connectivity index (χ1v) is 9.37. The molecule has 0 aliphatic rings. The molecule has 130 valence electrons. The van der Waals surface area contributed by atoms with Gasteiger partial charge in [-0.25, -0.2) is 13.1 Å². The minimum Gasteiger partial charge on any atom is -0.497 e. The summed E-state index contributed by atoms with van der Waals surface area (Å²) < 4.78 is 38.4. The normalized spacial score (nSPS) is 12.6. The second-order valence-corrected chi connectivity index (χ2v) is 6.97. The number of hydrogen-bond donors (Lipinski definition) is 1. The van der Waals surface area contributed by atoms with Crippen LogP contribution in [0.1, 0.15) is 31.9 Å². The Morgan fingerprint density at radius 2 is 1.54 bits per heavy atom. The predicted octanol–water partition coefficient (Wildman–Crippen LogP) is 3.52. The van der Waals surface area contributed by atoms with Gasteiger partial charge in [0.05, 0.1) is 18.6 Å². The Balaban J connectivity index is 2.18. The van der Waals surface area contributed by atoms with Crippen molar-refractivity contribution in [2.45, 2.75) is 31.2 Å².